The number of nitrogens with zero attached hydrogens (tertiary/aromatic N) is 1. The molecule has 2 aromatic rings. The fraction of sp³-hybridized carbons (Fsp3) is 0.167. The van der Waals surface area contributed by atoms with Crippen LogP contribution in [-0.2, 0) is 0 Å². The number of ether oxygens (including phenoxy) is 1. The van der Waals surface area contributed by atoms with Crippen molar-refractivity contribution in [1.29, 1.82) is 0 Å². The highest BCUT2D eigenvalue weighted by atomic mass is 19.3. The first-order valence-corrected chi connectivity index (χ1v) is 5.31. The fourth-order valence-electron chi connectivity index (χ4n) is 1.65. The summed E-state index contributed by atoms with van der Waals surface area (Å²) in [5.41, 5.74) is 1.15. The van der Waals surface area contributed by atoms with Gasteiger partial charge < -0.3 is 9.84 Å². The molecule has 0 bridgehead atoms. The molecule has 1 aromatic carbocycles. The van der Waals surface area contributed by atoms with Crippen molar-refractivity contribution in [2.45, 2.75) is 13.5 Å². The zero-order chi connectivity index (χ0) is 14.0. The first kappa shape index (κ1) is 13.0. The number of benzene rings is 1. The van der Waals surface area contributed by atoms with Gasteiger partial charge in [-0.15, -0.1) is 0 Å². The van der Waals surface area contributed by atoms with Gasteiger partial charge >= 0.3 is 12.6 Å². The number of aromatic amines is 1. The lowest BCUT2D eigenvalue weighted by Crippen LogP contribution is -2.04. The zero-order valence-electron chi connectivity index (χ0n) is 9.85. The number of carbonyl (C=O) groups is 1. The number of rotatable bonds is 4. The fourth-order valence-corrected chi connectivity index (χ4v) is 1.65. The normalized spacial score (nSPS) is 10.7. The Labute approximate surface area is 106 Å². The van der Waals surface area contributed by atoms with Crippen LogP contribution in [0.2, 0.25) is 0 Å². The van der Waals surface area contributed by atoms with E-state index < -0.39 is 12.6 Å². The van der Waals surface area contributed by atoms with Crippen molar-refractivity contribution < 1.29 is 23.4 Å². The van der Waals surface area contributed by atoms with Gasteiger partial charge in [-0.25, -0.2) is 4.79 Å². The van der Waals surface area contributed by atoms with Crippen LogP contribution in [0, 0.1) is 6.92 Å². The lowest BCUT2D eigenvalue weighted by atomic mass is 10.1. The van der Waals surface area contributed by atoms with E-state index in [-0.39, 0.29) is 17.0 Å². The predicted molar refractivity (Wildman–Crippen MR) is 62.4 cm³/mol. The minimum absolute atomic E-state index is 0.00145. The second kappa shape index (κ2) is 5.05. The molecule has 0 saturated heterocycles. The van der Waals surface area contributed by atoms with Crippen LogP contribution in [0.4, 0.5) is 8.78 Å². The number of hydrogen-bond donors (Lipinski definition) is 2. The second-order valence-corrected chi connectivity index (χ2v) is 3.82. The van der Waals surface area contributed by atoms with Crippen molar-refractivity contribution in [3.63, 3.8) is 0 Å². The number of aromatic nitrogens is 2. The van der Waals surface area contributed by atoms with Crippen LogP contribution in [0.25, 0.3) is 11.3 Å². The van der Waals surface area contributed by atoms with E-state index in [4.69, 9.17) is 5.11 Å². The van der Waals surface area contributed by atoms with Crippen LogP contribution in [0.1, 0.15) is 15.9 Å². The molecule has 100 valence electrons. The molecule has 0 aliphatic heterocycles. The Morgan fingerprint density at radius 2 is 2.21 bits per heavy atom. The molecule has 1 heterocycles. The van der Waals surface area contributed by atoms with E-state index in [9.17, 15) is 13.6 Å². The maximum atomic E-state index is 12.2. The molecule has 19 heavy (non-hydrogen) atoms. The Morgan fingerprint density at radius 1 is 1.47 bits per heavy atom. The molecule has 2 N–H and O–H groups in total. The molecular weight excluding hydrogens is 258 g/mol. The molecule has 2 rings (SSSR count). The minimum Gasteiger partial charge on any atom is -0.478 e. The van der Waals surface area contributed by atoms with Gasteiger partial charge in [0.1, 0.15) is 11.3 Å². The molecule has 5 nitrogen and oxygen atoms in total. The van der Waals surface area contributed by atoms with E-state index in [1.807, 2.05) is 0 Å². The van der Waals surface area contributed by atoms with Gasteiger partial charge in [0, 0.05) is 5.56 Å². The third-order valence-electron chi connectivity index (χ3n) is 2.56. The molecule has 0 atom stereocenters. The number of carboxylic acid groups (broad SMARTS) is 1. The lowest BCUT2D eigenvalue weighted by molar-refractivity contribution is -0.0502. The average Bonchev–Trinajstić information content (AvgIpc) is 2.80. The number of H-pyrrole nitrogens is 1. The van der Waals surface area contributed by atoms with Crippen molar-refractivity contribution in [2.24, 2.45) is 0 Å². The first-order chi connectivity index (χ1) is 8.99. The highest BCUT2D eigenvalue weighted by molar-refractivity contribution is 5.94. The highest BCUT2D eigenvalue weighted by Crippen LogP contribution is 2.28. The summed E-state index contributed by atoms with van der Waals surface area (Å²) in [6.45, 7) is -1.32. The van der Waals surface area contributed by atoms with E-state index in [1.54, 1.807) is 19.1 Å². The number of aromatic carboxylic acids is 1. The Bertz CT molecular complexity index is 611. The summed E-state index contributed by atoms with van der Waals surface area (Å²) < 4.78 is 28.9. The number of hydrogen-bond acceptors (Lipinski definition) is 3. The van der Waals surface area contributed by atoms with Crippen molar-refractivity contribution in [1.82, 2.24) is 10.2 Å². The molecule has 0 fully saturated rings. The third kappa shape index (κ3) is 2.70. The summed E-state index contributed by atoms with van der Waals surface area (Å²) >= 11 is 0. The quantitative estimate of drug-likeness (QED) is 0.893. The monoisotopic (exact) mass is 268 g/mol. The molecule has 0 unspecified atom stereocenters. The molecule has 0 aliphatic rings. The number of halogens is 2. The maximum absolute atomic E-state index is 12.2. The molecular formula is C12H10F2N2O3. The van der Waals surface area contributed by atoms with Gasteiger partial charge in [-0.1, -0.05) is 12.1 Å². The Hall–Kier alpha value is -2.44. The van der Waals surface area contributed by atoms with E-state index in [2.05, 4.69) is 14.9 Å². The van der Waals surface area contributed by atoms with Crippen molar-refractivity contribution in [2.75, 3.05) is 0 Å². The highest BCUT2D eigenvalue weighted by Gasteiger charge is 2.16. The van der Waals surface area contributed by atoms with Crippen molar-refractivity contribution in [3.05, 3.63) is 35.5 Å². The Morgan fingerprint density at radius 3 is 2.84 bits per heavy atom. The summed E-state index contributed by atoms with van der Waals surface area (Å²) in [6, 6.07) is 4.52. The number of carboxylic acids is 1. The summed E-state index contributed by atoms with van der Waals surface area (Å²) in [6.07, 6.45) is 1.16. The molecule has 0 radical (unpaired) electrons. The van der Waals surface area contributed by atoms with Gasteiger partial charge in [-0.05, 0) is 18.6 Å². The summed E-state index contributed by atoms with van der Waals surface area (Å²) in [7, 11) is 0. The van der Waals surface area contributed by atoms with Crippen LogP contribution in [0.3, 0.4) is 0 Å². The van der Waals surface area contributed by atoms with Gasteiger partial charge in [-0.2, -0.15) is 13.9 Å². The largest absolute Gasteiger partial charge is 0.478 e. The first-order valence-electron chi connectivity index (χ1n) is 5.31. The zero-order valence-corrected chi connectivity index (χ0v) is 9.85. The standard InChI is InChI=1S/C12H10F2N2O3/c1-6-2-3-7(4-9(6)19-12(13)14)10-8(11(17)18)5-15-16-10/h2-5,12H,1H3,(H,15,16)(H,17,18). The van der Waals surface area contributed by atoms with Gasteiger partial charge in [0.25, 0.3) is 0 Å². The smallest absolute Gasteiger partial charge is 0.387 e. The third-order valence-corrected chi connectivity index (χ3v) is 2.56. The Kier molecular flexibility index (Phi) is 3.46. The maximum Gasteiger partial charge on any atom is 0.387 e. The van der Waals surface area contributed by atoms with Crippen molar-refractivity contribution in [3.8, 4) is 17.0 Å². The van der Waals surface area contributed by atoms with Crippen LogP contribution in [0.5, 0.6) is 5.75 Å². The molecule has 0 amide bonds. The van der Waals surface area contributed by atoms with Gasteiger partial charge in [0.2, 0.25) is 0 Å². The summed E-state index contributed by atoms with van der Waals surface area (Å²) in [5, 5.41) is 15.1. The van der Waals surface area contributed by atoms with Crippen molar-refractivity contribution >= 4 is 5.97 Å². The SMILES string of the molecule is Cc1ccc(-c2[nH]ncc2C(=O)O)cc1OC(F)F. The van der Waals surface area contributed by atoms with Crippen LogP contribution in [0.15, 0.2) is 24.4 Å². The van der Waals surface area contributed by atoms with Gasteiger partial charge in [-0.3, -0.25) is 5.10 Å². The number of aryl methyl sites for hydroxylation is 1. The number of nitrogens with one attached hydrogen (secondary N) is 1. The van der Waals surface area contributed by atoms with Crippen LogP contribution < -0.4 is 4.74 Å². The predicted octanol–water partition coefficient (Wildman–Crippen LogP) is 2.68. The minimum atomic E-state index is -2.94. The second-order valence-electron chi connectivity index (χ2n) is 3.82. The lowest BCUT2D eigenvalue weighted by Gasteiger charge is -2.09. The molecule has 0 saturated carbocycles. The van der Waals surface area contributed by atoms with E-state index in [1.165, 1.54) is 6.07 Å². The summed E-state index contributed by atoms with van der Waals surface area (Å²) in [4.78, 5) is 11.0. The van der Waals surface area contributed by atoms with E-state index >= 15 is 0 Å². The van der Waals surface area contributed by atoms with E-state index in [0.29, 0.717) is 11.1 Å². The Balaban J connectivity index is 2.45. The van der Waals surface area contributed by atoms with Gasteiger partial charge in [0.15, 0.2) is 0 Å². The summed E-state index contributed by atoms with van der Waals surface area (Å²) in [5.74, 6) is -1.15. The molecule has 0 aliphatic carbocycles. The van der Waals surface area contributed by atoms with Crippen LogP contribution >= 0.6 is 0 Å². The molecule has 1 aromatic heterocycles. The number of alkyl halides is 2. The van der Waals surface area contributed by atoms with Gasteiger partial charge in [0.05, 0.1) is 11.9 Å². The van der Waals surface area contributed by atoms with E-state index in [0.717, 1.165) is 6.20 Å². The molecule has 7 heteroatoms. The molecule has 0 spiro atoms. The average molecular weight is 268 g/mol. The topological polar surface area (TPSA) is 75.2 Å². The van der Waals surface area contributed by atoms with Crippen LogP contribution in [-0.4, -0.2) is 27.9 Å².